The molecule has 126 valence electrons. The number of hydrogen-bond acceptors (Lipinski definition) is 4. The number of aliphatic imine (C=N–C) groups is 1. The van der Waals surface area contributed by atoms with Crippen LogP contribution in [-0.4, -0.2) is 30.6 Å². The minimum absolute atomic E-state index is 0.0727. The number of benzene rings is 2. The minimum atomic E-state index is 0.0727. The summed E-state index contributed by atoms with van der Waals surface area (Å²) >= 11 is 0. The summed E-state index contributed by atoms with van der Waals surface area (Å²) in [5.74, 6) is 1.99. The summed E-state index contributed by atoms with van der Waals surface area (Å²) < 4.78 is 5.25. The summed E-state index contributed by atoms with van der Waals surface area (Å²) in [6.45, 7) is 7.44. The van der Waals surface area contributed by atoms with Gasteiger partial charge in [0.25, 0.3) is 0 Å². The molecule has 2 aromatic rings. The van der Waals surface area contributed by atoms with Gasteiger partial charge >= 0.3 is 0 Å². The van der Waals surface area contributed by atoms with Gasteiger partial charge in [0.05, 0.1) is 13.2 Å². The zero-order valence-corrected chi connectivity index (χ0v) is 14.7. The molecule has 1 heterocycles. The molecule has 0 saturated carbocycles. The van der Waals surface area contributed by atoms with E-state index in [0.717, 1.165) is 29.4 Å². The van der Waals surface area contributed by atoms with Gasteiger partial charge in [-0.3, -0.25) is 4.99 Å². The van der Waals surface area contributed by atoms with Crippen LogP contribution >= 0.6 is 0 Å². The molecule has 0 radical (unpaired) electrons. The Bertz CT molecular complexity index is 745. The van der Waals surface area contributed by atoms with E-state index in [9.17, 15) is 5.11 Å². The Labute approximate surface area is 143 Å². The zero-order chi connectivity index (χ0) is 17.3. The monoisotopic (exact) mass is 324 g/mol. The molecule has 0 spiro atoms. The zero-order valence-electron chi connectivity index (χ0n) is 14.7. The average Bonchev–Trinajstić information content (AvgIpc) is 3.00. The molecule has 1 aliphatic rings. The second-order valence-corrected chi connectivity index (χ2v) is 7.19. The number of phenols is 1. The highest BCUT2D eigenvalue weighted by atomic mass is 16.5. The Morgan fingerprint density at radius 3 is 2.42 bits per heavy atom. The highest BCUT2D eigenvalue weighted by molar-refractivity contribution is 6.11. The lowest BCUT2D eigenvalue weighted by Gasteiger charge is -2.26. The molecule has 0 saturated heterocycles. The summed E-state index contributed by atoms with van der Waals surface area (Å²) in [5, 5.41) is 9.83. The molecule has 0 bridgehead atoms. The van der Waals surface area contributed by atoms with E-state index in [2.05, 4.69) is 25.7 Å². The van der Waals surface area contributed by atoms with Crippen LogP contribution in [0.3, 0.4) is 0 Å². The fraction of sp³-hybridized carbons (Fsp3) is 0.350. The van der Waals surface area contributed by atoms with Gasteiger partial charge in [-0.25, -0.2) is 0 Å². The lowest BCUT2D eigenvalue weighted by atomic mass is 9.87. The molecule has 3 rings (SSSR count). The maximum absolute atomic E-state index is 9.83. The topological polar surface area (TPSA) is 45.1 Å². The number of hydrogen-bond donors (Lipinski definition) is 1. The second kappa shape index (κ2) is 6.19. The first-order chi connectivity index (χ1) is 11.4. The van der Waals surface area contributed by atoms with Crippen LogP contribution in [-0.2, 0) is 0 Å². The van der Waals surface area contributed by atoms with Crippen molar-refractivity contribution in [3.05, 3.63) is 54.1 Å². The van der Waals surface area contributed by atoms with E-state index >= 15 is 0 Å². The van der Waals surface area contributed by atoms with Gasteiger partial charge in [0, 0.05) is 17.8 Å². The van der Waals surface area contributed by atoms with Gasteiger partial charge in [0.1, 0.15) is 17.3 Å². The highest BCUT2D eigenvalue weighted by Gasteiger charge is 2.34. The van der Waals surface area contributed by atoms with E-state index < -0.39 is 0 Å². The summed E-state index contributed by atoms with van der Waals surface area (Å²) in [5.41, 5.74) is 2.07. The number of ether oxygens (including phenoxy) is 1. The van der Waals surface area contributed by atoms with Crippen LogP contribution in [0.2, 0.25) is 0 Å². The number of methoxy groups -OCH3 is 1. The largest absolute Gasteiger partial charge is 0.508 e. The van der Waals surface area contributed by atoms with Crippen LogP contribution in [0.15, 0.2) is 53.5 Å². The molecule has 0 unspecified atom stereocenters. The molecule has 0 amide bonds. The fourth-order valence-electron chi connectivity index (χ4n) is 2.85. The number of phenolic OH excluding ortho intramolecular Hbond substituents is 1. The van der Waals surface area contributed by atoms with Crippen molar-refractivity contribution in [1.82, 2.24) is 0 Å². The number of nitrogens with zero attached hydrogens (tertiary/aromatic N) is 2. The smallest absolute Gasteiger partial charge is 0.135 e. The van der Waals surface area contributed by atoms with E-state index in [0.29, 0.717) is 0 Å². The molecule has 4 nitrogen and oxygen atoms in total. The normalized spacial score (nSPS) is 17.8. The fourth-order valence-corrected chi connectivity index (χ4v) is 2.85. The summed E-state index contributed by atoms with van der Waals surface area (Å²) in [7, 11) is 1.67. The predicted molar refractivity (Wildman–Crippen MR) is 98.2 cm³/mol. The standard InChI is InChI=1S/C20H24N2O2/c1-20(2,3)18-13-22(15-8-10-17(24-4)11-9-15)19(21-18)14-6-5-7-16(23)12-14/h5-12,18,23H,13H2,1-4H3/t18-/m1/s1. The van der Waals surface area contributed by atoms with Crippen LogP contribution < -0.4 is 9.64 Å². The Balaban J connectivity index is 2.01. The molecule has 2 aromatic carbocycles. The van der Waals surface area contributed by atoms with Crippen molar-refractivity contribution < 1.29 is 9.84 Å². The molecule has 0 fully saturated rings. The third-order valence-corrected chi connectivity index (χ3v) is 4.38. The van der Waals surface area contributed by atoms with Crippen LogP contribution in [0.5, 0.6) is 11.5 Å². The molecule has 1 atom stereocenters. The first-order valence-corrected chi connectivity index (χ1v) is 8.17. The molecule has 1 aliphatic heterocycles. The Kier molecular flexibility index (Phi) is 4.22. The lowest BCUT2D eigenvalue weighted by molar-refractivity contribution is 0.337. The number of rotatable bonds is 3. The first kappa shape index (κ1) is 16.4. The van der Waals surface area contributed by atoms with Crippen molar-refractivity contribution >= 4 is 11.5 Å². The molecule has 24 heavy (non-hydrogen) atoms. The van der Waals surface area contributed by atoms with Gasteiger partial charge in [0.2, 0.25) is 0 Å². The average molecular weight is 324 g/mol. The SMILES string of the molecule is COc1ccc(N2C[C@H](C(C)(C)C)N=C2c2cccc(O)c2)cc1. The maximum Gasteiger partial charge on any atom is 0.135 e. The van der Waals surface area contributed by atoms with E-state index in [-0.39, 0.29) is 17.2 Å². The van der Waals surface area contributed by atoms with E-state index in [1.165, 1.54) is 0 Å². The van der Waals surface area contributed by atoms with Crippen LogP contribution in [0.25, 0.3) is 0 Å². The molecule has 0 aliphatic carbocycles. The van der Waals surface area contributed by atoms with E-state index in [1.54, 1.807) is 19.2 Å². The predicted octanol–water partition coefficient (Wildman–Crippen LogP) is 4.08. The number of amidine groups is 1. The maximum atomic E-state index is 9.83. The van der Waals surface area contributed by atoms with Gasteiger partial charge in [-0.15, -0.1) is 0 Å². The Morgan fingerprint density at radius 2 is 1.83 bits per heavy atom. The molecular weight excluding hydrogens is 300 g/mol. The van der Waals surface area contributed by atoms with E-state index in [1.807, 2.05) is 36.4 Å². The summed E-state index contributed by atoms with van der Waals surface area (Å²) in [6, 6.07) is 15.5. The quantitative estimate of drug-likeness (QED) is 0.925. The molecule has 4 heteroatoms. The molecule has 1 N–H and O–H groups in total. The van der Waals surface area contributed by atoms with Gasteiger partial charge < -0.3 is 14.7 Å². The molecular formula is C20H24N2O2. The minimum Gasteiger partial charge on any atom is -0.508 e. The van der Waals surface area contributed by atoms with Crippen LogP contribution in [0.4, 0.5) is 5.69 Å². The van der Waals surface area contributed by atoms with Crippen molar-refractivity contribution in [1.29, 1.82) is 0 Å². The van der Waals surface area contributed by atoms with Crippen molar-refractivity contribution in [2.45, 2.75) is 26.8 Å². The molecule has 0 aromatic heterocycles. The summed E-state index contributed by atoms with van der Waals surface area (Å²) in [4.78, 5) is 7.18. The van der Waals surface area contributed by atoms with Crippen molar-refractivity contribution in [2.24, 2.45) is 10.4 Å². The Hall–Kier alpha value is -2.49. The first-order valence-electron chi connectivity index (χ1n) is 8.17. The number of aromatic hydroxyl groups is 1. The van der Waals surface area contributed by atoms with Crippen LogP contribution in [0, 0.1) is 5.41 Å². The lowest BCUT2D eigenvalue weighted by Crippen LogP contribution is -2.34. The van der Waals surface area contributed by atoms with E-state index in [4.69, 9.17) is 9.73 Å². The van der Waals surface area contributed by atoms with Crippen molar-refractivity contribution in [2.75, 3.05) is 18.6 Å². The summed E-state index contributed by atoms with van der Waals surface area (Å²) in [6.07, 6.45) is 0. The van der Waals surface area contributed by atoms with Gasteiger partial charge in [0.15, 0.2) is 0 Å². The van der Waals surface area contributed by atoms with Crippen molar-refractivity contribution in [3.63, 3.8) is 0 Å². The van der Waals surface area contributed by atoms with Gasteiger partial charge in [-0.2, -0.15) is 0 Å². The van der Waals surface area contributed by atoms with Crippen LogP contribution in [0.1, 0.15) is 26.3 Å². The second-order valence-electron chi connectivity index (χ2n) is 7.19. The van der Waals surface area contributed by atoms with Gasteiger partial charge in [-0.1, -0.05) is 32.9 Å². The number of anilines is 1. The third kappa shape index (κ3) is 3.23. The third-order valence-electron chi connectivity index (χ3n) is 4.38. The van der Waals surface area contributed by atoms with Gasteiger partial charge in [-0.05, 0) is 41.8 Å². The Morgan fingerprint density at radius 1 is 1.12 bits per heavy atom. The highest BCUT2D eigenvalue weighted by Crippen LogP contribution is 2.33. The van der Waals surface area contributed by atoms with Crippen molar-refractivity contribution in [3.8, 4) is 11.5 Å².